The Hall–Kier alpha value is -0.410. The van der Waals surface area contributed by atoms with E-state index >= 15 is 0 Å². The summed E-state index contributed by atoms with van der Waals surface area (Å²) in [7, 11) is 0. The van der Waals surface area contributed by atoms with E-state index in [4.69, 9.17) is 9.47 Å². The fourth-order valence-electron chi connectivity index (χ4n) is 0.677. The summed E-state index contributed by atoms with van der Waals surface area (Å²) in [6.07, 6.45) is -0.118. The number of carbonyl (C=O) groups excluding carboxylic acids is 1. The highest BCUT2D eigenvalue weighted by atomic mass is 16.6. The zero-order valence-electron chi connectivity index (χ0n) is 6.29. The van der Waals surface area contributed by atoms with Crippen molar-refractivity contribution in [2.45, 2.75) is 26.1 Å². The van der Waals surface area contributed by atoms with Crippen molar-refractivity contribution in [3.05, 3.63) is 0 Å². The highest BCUT2D eigenvalue weighted by Gasteiger charge is 2.22. The van der Waals surface area contributed by atoms with Gasteiger partial charge in [-0.25, -0.2) is 0 Å². The predicted molar refractivity (Wildman–Crippen MR) is 35.8 cm³/mol. The maximum Gasteiger partial charge on any atom is 0.158 e. The van der Waals surface area contributed by atoms with Crippen LogP contribution in [0, 0.1) is 0 Å². The first-order chi connectivity index (χ1) is 4.70. The monoisotopic (exact) mass is 144 g/mol. The lowest BCUT2D eigenvalue weighted by molar-refractivity contribution is -0.162. The fourth-order valence-corrected chi connectivity index (χ4v) is 0.677. The highest BCUT2D eigenvalue weighted by Crippen LogP contribution is 2.08. The van der Waals surface area contributed by atoms with Gasteiger partial charge in [-0.3, -0.25) is 4.79 Å². The van der Waals surface area contributed by atoms with Gasteiger partial charge in [0.1, 0.15) is 12.2 Å². The second kappa shape index (κ2) is 3.12. The van der Waals surface area contributed by atoms with Crippen LogP contribution >= 0.6 is 0 Å². The van der Waals surface area contributed by atoms with Crippen LogP contribution in [0.5, 0.6) is 0 Å². The van der Waals surface area contributed by atoms with Gasteiger partial charge in [0.15, 0.2) is 5.78 Å². The van der Waals surface area contributed by atoms with Crippen molar-refractivity contribution in [2.75, 3.05) is 13.2 Å². The van der Waals surface area contributed by atoms with E-state index in [9.17, 15) is 4.79 Å². The van der Waals surface area contributed by atoms with Crippen LogP contribution in [-0.4, -0.2) is 31.2 Å². The number of carbonyl (C=O) groups is 1. The molecule has 1 unspecified atom stereocenters. The normalized spacial score (nSPS) is 21.8. The van der Waals surface area contributed by atoms with Crippen LogP contribution < -0.4 is 0 Å². The Bertz CT molecular complexity index is 129. The Morgan fingerprint density at radius 1 is 1.70 bits per heavy atom. The number of ketones is 1. The molecule has 1 fully saturated rings. The molecule has 0 saturated carbocycles. The fraction of sp³-hybridized carbons (Fsp3) is 0.857. The molecule has 0 aromatic rings. The largest absolute Gasteiger partial charge is 0.376 e. The summed E-state index contributed by atoms with van der Waals surface area (Å²) in [5, 5.41) is 0. The highest BCUT2D eigenvalue weighted by molar-refractivity contribution is 5.79. The van der Waals surface area contributed by atoms with Crippen molar-refractivity contribution in [2.24, 2.45) is 0 Å². The maximum atomic E-state index is 10.7. The summed E-state index contributed by atoms with van der Waals surface area (Å²) in [6, 6.07) is 0. The Balaban J connectivity index is 2.16. The molecule has 1 aliphatic rings. The Morgan fingerprint density at radius 2 is 2.30 bits per heavy atom. The van der Waals surface area contributed by atoms with E-state index in [1.54, 1.807) is 6.92 Å². The third-order valence-electron chi connectivity index (χ3n) is 1.58. The first-order valence-electron chi connectivity index (χ1n) is 3.44. The van der Waals surface area contributed by atoms with Crippen molar-refractivity contribution in [1.29, 1.82) is 0 Å². The Kier molecular flexibility index (Phi) is 2.40. The lowest BCUT2D eigenvalue weighted by Gasteiger charge is -2.28. The molecule has 0 spiro atoms. The molecule has 3 nitrogen and oxygen atoms in total. The first-order valence-corrected chi connectivity index (χ1v) is 3.44. The molecule has 0 radical (unpaired) electrons. The van der Waals surface area contributed by atoms with E-state index in [1.165, 1.54) is 6.92 Å². The van der Waals surface area contributed by atoms with E-state index in [2.05, 4.69) is 0 Å². The van der Waals surface area contributed by atoms with Gasteiger partial charge >= 0.3 is 0 Å². The van der Waals surface area contributed by atoms with Crippen LogP contribution in [0.15, 0.2) is 0 Å². The summed E-state index contributed by atoms with van der Waals surface area (Å²) in [4.78, 5) is 10.7. The molecular weight excluding hydrogens is 132 g/mol. The number of hydrogen-bond donors (Lipinski definition) is 0. The minimum atomic E-state index is -0.270. The van der Waals surface area contributed by atoms with Gasteiger partial charge in [0.2, 0.25) is 0 Å². The van der Waals surface area contributed by atoms with Gasteiger partial charge in [0, 0.05) is 0 Å². The zero-order valence-corrected chi connectivity index (χ0v) is 6.29. The number of Topliss-reactive ketones (excluding diaryl/α,β-unsaturated/α-hetero) is 1. The van der Waals surface area contributed by atoms with Crippen LogP contribution in [0.1, 0.15) is 13.8 Å². The molecular formula is C7H12O3. The van der Waals surface area contributed by atoms with E-state index < -0.39 is 0 Å². The predicted octanol–water partition coefficient (Wildman–Crippen LogP) is 0.379. The summed E-state index contributed by atoms with van der Waals surface area (Å²) in [5.41, 5.74) is 0. The molecule has 0 aromatic heterocycles. The van der Waals surface area contributed by atoms with Crippen molar-refractivity contribution in [1.82, 2.24) is 0 Å². The maximum absolute atomic E-state index is 10.7. The van der Waals surface area contributed by atoms with Crippen molar-refractivity contribution in [3.8, 4) is 0 Å². The Labute approximate surface area is 60.3 Å². The molecule has 1 atom stereocenters. The molecule has 0 N–H and O–H groups in total. The van der Waals surface area contributed by atoms with Crippen molar-refractivity contribution >= 4 is 5.78 Å². The van der Waals surface area contributed by atoms with Crippen molar-refractivity contribution < 1.29 is 14.3 Å². The molecule has 1 rings (SSSR count). The third kappa shape index (κ3) is 1.78. The minimum absolute atomic E-state index is 0.0758. The number of hydrogen-bond acceptors (Lipinski definition) is 3. The average molecular weight is 144 g/mol. The summed E-state index contributed by atoms with van der Waals surface area (Å²) < 4.78 is 10.2. The van der Waals surface area contributed by atoms with Gasteiger partial charge in [-0.05, 0) is 13.8 Å². The van der Waals surface area contributed by atoms with Gasteiger partial charge in [0.25, 0.3) is 0 Å². The number of ether oxygens (including phenoxy) is 2. The van der Waals surface area contributed by atoms with Crippen LogP contribution in [0.25, 0.3) is 0 Å². The van der Waals surface area contributed by atoms with E-state index in [0.717, 1.165) is 0 Å². The molecule has 0 aromatic carbocycles. The third-order valence-corrected chi connectivity index (χ3v) is 1.58. The summed E-state index contributed by atoms with van der Waals surface area (Å²) in [5.74, 6) is 0.0758. The lowest BCUT2D eigenvalue weighted by Crippen LogP contribution is -2.40. The topological polar surface area (TPSA) is 35.5 Å². The Morgan fingerprint density at radius 3 is 2.60 bits per heavy atom. The number of rotatable bonds is 3. The van der Waals surface area contributed by atoms with Gasteiger partial charge in [-0.1, -0.05) is 0 Å². The second-order valence-electron chi connectivity index (χ2n) is 2.55. The first kappa shape index (κ1) is 7.69. The van der Waals surface area contributed by atoms with Gasteiger partial charge < -0.3 is 9.47 Å². The molecule has 0 amide bonds. The average Bonchev–Trinajstić information content (AvgIpc) is 1.77. The minimum Gasteiger partial charge on any atom is -0.376 e. The molecule has 1 saturated heterocycles. The van der Waals surface area contributed by atoms with Crippen LogP contribution in [0.4, 0.5) is 0 Å². The standard InChI is InChI=1S/C7H12O3/c1-5(8)6(2)10-7-3-9-4-7/h6-7H,3-4H2,1-2H3. The van der Waals surface area contributed by atoms with E-state index in [0.29, 0.717) is 13.2 Å². The molecule has 1 heterocycles. The van der Waals surface area contributed by atoms with Crippen LogP contribution in [0.2, 0.25) is 0 Å². The van der Waals surface area contributed by atoms with E-state index in [-0.39, 0.29) is 18.0 Å². The molecule has 0 bridgehead atoms. The van der Waals surface area contributed by atoms with Crippen LogP contribution in [-0.2, 0) is 14.3 Å². The summed E-state index contributed by atoms with van der Waals surface area (Å²) in [6.45, 7) is 4.57. The molecule has 10 heavy (non-hydrogen) atoms. The van der Waals surface area contributed by atoms with Gasteiger partial charge in [-0.2, -0.15) is 0 Å². The van der Waals surface area contributed by atoms with Crippen molar-refractivity contribution in [3.63, 3.8) is 0 Å². The molecule has 0 aliphatic carbocycles. The SMILES string of the molecule is CC(=O)C(C)OC1COC1. The second-order valence-corrected chi connectivity index (χ2v) is 2.55. The molecule has 1 aliphatic heterocycles. The molecule has 3 heteroatoms. The van der Waals surface area contributed by atoms with Crippen LogP contribution in [0.3, 0.4) is 0 Å². The quantitative estimate of drug-likeness (QED) is 0.574. The lowest BCUT2D eigenvalue weighted by atomic mass is 10.2. The zero-order chi connectivity index (χ0) is 7.56. The summed E-state index contributed by atoms with van der Waals surface area (Å²) >= 11 is 0. The van der Waals surface area contributed by atoms with Gasteiger partial charge in [0.05, 0.1) is 13.2 Å². The molecule has 58 valence electrons. The van der Waals surface area contributed by atoms with Gasteiger partial charge in [-0.15, -0.1) is 0 Å². The smallest absolute Gasteiger partial charge is 0.158 e. The van der Waals surface area contributed by atoms with E-state index in [1.807, 2.05) is 0 Å².